The van der Waals surface area contributed by atoms with Crippen LogP contribution in [0.2, 0.25) is 0 Å². The molecule has 2 aliphatic carbocycles. The summed E-state index contributed by atoms with van der Waals surface area (Å²) >= 11 is 0. The lowest BCUT2D eigenvalue weighted by molar-refractivity contribution is -0.138. The lowest BCUT2D eigenvalue weighted by Gasteiger charge is -2.28. The van der Waals surface area contributed by atoms with Crippen LogP contribution in [0.5, 0.6) is 0 Å². The number of nitrogens with two attached hydrogens (primary N) is 1. The minimum Gasteiger partial charge on any atom is -0.327 e. The van der Waals surface area contributed by atoms with Crippen LogP contribution < -0.4 is 5.73 Å². The molecule has 0 aliphatic heterocycles. The van der Waals surface area contributed by atoms with Crippen LogP contribution >= 0.6 is 0 Å². The Kier molecular flexibility index (Phi) is 2.12. The molecule has 0 bridgehead atoms. The molecule has 3 rings (SSSR count). The molecular weight excluding hydrogens is 227 g/mol. The molecule has 17 heavy (non-hydrogen) atoms. The molecule has 2 atom stereocenters. The summed E-state index contributed by atoms with van der Waals surface area (Å²) < 4.78 is 38.7. The predicted molar refractivity (Wildman–Crippen MR) is 58.7 cm³/mol. The highest BCUT2D eigenvalue weighted by molar-refractivity contribution is 5.48. The number of hydrogen-bond acceptors (Lipinski definition) is 1. The molecule has 0 heterocycles. The molecule has 1 nitrogen and oxygen atoms in total. The number of hydrogen-bond donors (Lipinski definition) is 1. The van der Waals surface area contributed by atoms with E-state index in [0.717, 1.165) is 24.8 Å². The second kappa shape index (κ2) is 3.25. The van der Waals surface area contributed by atoms with Gasteiger partial charge in [-0.1, -0.05) is 12.1 Å². The van der Waals surface area contributed by atoms with E-state index in [1.165, 1.54) is 12.1 Å². The van der Waals surface area contributed by atoms with Crippen molar-refractivity contribution in [3.8, 4) is 0 Å². The Morgan fingerprint density at radius 2 is 2.00 bits per heavy atom. The molecule has 1 aromatic rings. The van der Waals surface area contributed by atoms with E-state index in [1.54, 1.807) is 0 Å². The van der Waals surface area contributed by atoms with Gasteiger partial charge >= 0.3 is 6.18 Å². The van der Waals surface area contributed by atoms with Crippen LogP contribution in [0.15, 0.2) is 18.2 Å². The molecule has 0 radical (unpaired) electrons. The zero-order chi connectivity index (χ0) is 12.3. The molecule has 2 N–H and O–H groups in total. The zero-order valence-corrected chi connectivity index (χ0v) is 9.35. The lowest BCUT2D eigenvalue weighted by atomic mass is 9.78. The summed E-state index contributed by atoms with van der Waals surface area (Å²) in [6, 6.07) is 4.58. The first kappa shape index (κ1) is 11.1. The molecule has 0 aromatic heterocycles. The van der Waals surface area contributed by atoms with Gasteiger partial charge in [-0.15, -0.1) is 0 Å². The summed E-state index contributed by atoms with van der Waals surface area (Å²) in [6.45, 7) is 0. The third kappa shape index (κ3) is 1.50. The van der Waals surface area contributed by atoms with Crippen molar-refractivity contribution in [2.75, 3.05) is 0 Å². The Bertz CT molecular complexity index is 466. The van der Waals surface area contributed by atoms with Crippen LogP contribution in [-0.4, -0.2) is 6.04 Å². The first-order valence-electron chi connectivity index (χ1n) is 5.90. The van der Waals surface area contributed by atoms with Crippen molar-refractivity contribution in [1.82, 2.24) is 0 Å². The van der Waals surface area contributed by atoms with E-state index >= 15 is 0 Å². The van der Waals surface area contributed by atoms with Crippen molar-refractivity contribution in [3.05, 3.63) is 34.9 Å². The molecule has 4 heteroatoms. The fourth-order valence-corrected chi connectivity index (χ4v) is 3.23. The quantitative estimate of drug-likeness (QED) is 0.742. The smallest absolute Gasteiger partial charge is 0.327 e. The van der Waals surface area contributed by atoms with E-state index in [2.05, 4.69) is 0 Å². The highest BCUT2D eigenvalue weighted by Crippen LogP contribution is 2.55. The van der Waals surface area contributed by atoms with E-state index in [1.807, 2.05) is 6.07 Å². The zero-order valence-electron chi connectivity index (χ0n) is 9.35. The molecular formula is C13H14F3N. The fraction of sp³-hybridized carbons (Fsp3) is 0.538. The second-order valence-corrected chi connectivity index (χ2v) is 5.15. The highest BCUT2D eigenvalue weighted by Gasteiger charge is 2.55. The van der Waals surface area contributed by atoms with Crippen molar-refractivity contribution in [3.63, 3.8) is 0 Å². The summed E-state index contributed by atoms with van der Waals surface area (Å²) in [5, 5.41) is 0. The average Bonchev–Trinajstić information content (AvgIpc) is 2.88. The molecule has 2 aliphatic rings. The van der Waals surface area contributed by atoms with Gasteiger partial charge in [0.15, 0.2) is 0 Å². The van der Waals surface area contributed by atoms with Gasteiger partial charge < -0.3 is 5.73 Å². The van der Waals surface area contributed by atoms with Gasteiger partial charge in [-0.25, -0.2) is 0 Å². The Morgan fingerprint density at radius 3 is 2.59 bits per heavy atom. The minimum absolute atomic E-state index is 0.0463. The lowest BCUT2D eigenvalue weighted by Crippen LogP contribution is -2.26. The highest BCUT2D eigenvalue weighted by atomic mass is 19.4. The van der Waals surface area contributed by atoms with Crippen LogP contribution in [0.4, 0.5) is 13.2 Å². The standard InChI is InChI=1S/C13H14F3N/c14-13(15,16)10-5-1-4-9-8(10)3-2-6-12(9)7-11(12)17/h1,4-5,11H,2-3,6-7,17H2. The van der Waals surface area contributed by atoms with Gasteiger partial charge in [0.1, 0.15) is 0 Å². The van der Waals surface area contributed by atoms with Crippen LogP contribution in [0.25, 0.3) is 0 Å². The number of halogens is 3. The van der Waals surface area contributed by atoms with Crippen LogP contribution in [0, 0.1) is 0 Å². The third-order valence-electron chi connectivity index (χ3n) is 4.20. The molecule has 0 saturated heterocycles. The third-order valence-corrected chi connectivity index (χ3v) is 4.20. The summed E-state index contributed by atoms with van der Waals surface area (Å²) in [5.74, 6) is 0. The van der Waals surface area contributed by atoms with E-state index in [0.29, 0.717) is 12.0 Å². The SMILES string of the molecule is NC1CC12CCCc1c(C(F)(F)F)cccc12. The van der Waals surface area contributed by atoms with Crippen LogP contribution in [-0.2, 0) is 18.0 Å². The van der Waals surface area contributed by atoms with Crippen molar-refractivity contribution < 1.29 is 13.2 Å². The van der Waals surface area contributed by atoms with Crippen LogP contribution in [0.1, 0.15) is 36.0 Å². The van der Waals surface area contributed by atoms with Gasteiger partial charge in [-0.2, -0.15) is 13.2 Å². The average molecular weight is 241 g/mol. The van der Waals surface area contributed by atoms with Gasteiger partial charge in [0.2, 0.25) is 0 Å². The molecule has 1 saturated carbocycles. The van der Waals surface area contributed by atoms with Gasteiger partial charge in [0.05, 0.1) is 5.56 Å². The normalized spacial score (nSPS) is 31.4. The summed E-state index contributed by atoms with van der Waals surface area (Å²) in [5.41, 5.74) is 6.65. The van der Waals surface area contributed by atoms with Gasteiger partial charge in [0, 0.05) is 11.5 Å². The first-order valence-corrected chi connectivity index (χ1v) is 5.90. The molecule has 0 amide bonds. The van der Waals surface area contributed by atoms with Gasteiger partial charge in [0.25, 0.3) is 0 Å². The maximum atomic E-state index is 12.9. The van der Waals surface area contributed by atoms with E-state index in [9.17, 15) is 13.2 Å². The topological polar surface area (TPSA) is 26.0 Å². The monoisotopic (exact) mass is 241 g/mol. The Hall–Kier alpha value is -1.03. The first-order chi connectivity index (χ1) is 7.95. The molecule has 1 fully saturated rings. The molecule has 2 unspecified atom stereocenters. The van der Waals surface area contributed by atoms with Gasteiger partial charge in [-0.05, 0) is 42.9 Å². The second-order valence-electron chi connectivity index (χ2n) is 5.15. The summed E-state index contributed by atoms with van der Waals surface area (Å²) in [6.07, 6.45) is -1.14. The Labute approximate surface area is 97.8 Å². The predicted octanol–water partition coefficient (Wildman–Crippen LogP) is 3.01. The van der Waals surface area contributed by atoms with E-state index < -0.39 is 11.7 Å². The van der Waals surface area contributed by atoms with Crippen LogP contribution in [0.3, 0.4) is 0 Å². The Morgan fingerprint density at radius 1 is 1.29 bits per heavy atom. The van der Waals surface area contributed by atoms with Crippen molar-refractivity contribution >= 4 is 0 Å². The van der Waals surface area contributed by atoms with E-state index in [-0.39, 0.29) is 11.5 Å². The van der Waals surface area contributed by atoms with Crippen molar-refractivity contribution in [2.24, 2.45) is 5.73 Å². The number of fused-ring (bicyclic) bond motifs is 2. The molecule has 92 valence electrons. The molecule has 1 spiro atoms. The maximum absolute atomic E-state index is 12.9. The Balaban J connectivity index is 2.15. The van der Waals surface area contributed by atoms with Gasteiger partial charge in [-0.3, -0.25) is 0 Å². The van der Waals surface area contributed by atoms with E-state index in [4.69, 9.17) is 5.73 Å². The fourth-order valence-electron chi connectivity index (χ4n) is 3.23. The van der Waals surface area contributed by atoms with Crippen molar-refractivity contribution in [2.45, 2.75) is 43.3 Å². The summed E-state index contributed by atoms with van der Waals surface area (Å²) in [4.78, 5) is 0. The summed E-state index contributed by atoms with van der Waals surface area (Å²) in [7, 11) is 0. The largest absolute Gasteiger partial charge is 0.416 e. The number of alkyl halides is 3. The minimum atomic E-state index is -4.25. The molecule has 1 aromatic carbocycles. The number of rotatable bonds is 0. The van der Waals surface area contributed by atoms with Crippen molar-refractivity contribution in [1.29, 1.82) is 0 Å². The number of benzene rings is 1. The maximum Gasteiger partial charge on any atom is 0.416 e.